The molecule has 4 aromatic carbocycles. The first-order valence-corrected chi connectivity index (χ1v) is 9.63. The normalized spacial score (nSPS) is 10.8. The molecular weight excluding hydrogens is 365 g/mol. The molecule has 0 N–H and O–H groups in total. The molecule has 0 saturated carbocycles. The molecule has 0 aliphatic carbocycles. The second kappa shape index (κ2) is 9.72. The van der Waals surface area contributed by atoms with Crippen molar-refractivity contribution in [1.29, 1.82) is 0 Å². The van der Waals surface area contributed by atoms with Crippen LogP contribution in [0.5, 0.6) is 0 Å². The molecule has 28 heavy (non-hydrogen) atoms. The van der Waals surface area contributed by atoms with Gasteiger partial charge in [0.25, 0.3) is 0 Å². The third-order valence-corrected chi connectivity index (χ3v) is 4.57. The third kappa shape index (κ3) is 3.92. The molecule has 0 saturated heterocycles. The van der Waals surface area contributed by atoms with Gasteiger partial charge in [0.2, 0.25) is 0 Å². The Morgan fingerprint density at radius 3 is 0.821 bits per heavy atom. The molecule has 0 aliphatic rings. The maximum absolute atomic E-state index is 8.35. The molecule has 0 aromatic heterocycles. The van der Waals surface area contributed by atoms with Crippen LogP contribution >= 0.6 is 8.69 Å². The van der Waals surface area contributed by atoms with Crippen molar-refractivity contribution in [3.05, 3.63) is 121 Å². The van der Waals surface area contributed by atoms with E-state index in [0.717, 1.165) is 0 Å². The second-order valence-electron chi connectivity index (χ2n) is 6.09. The van der Waals surface area contributed by atoms with Crippen LogP contribution in [0.1, 0.15) is 0 Å². The fourth-order valence-corrected chi connectivity index (χ4v) is 3.50. The van der Waals surface area contributed by atoms with Crippen molar-refractivity contribution in [3.63, 3.8) is 0 Å². The zero-order valence-electron chi connectivity index (χ0n) is 15.3. The quantitative estimate of drug-likeness (QED) is 0.295. The number of nitrogens with zero attached hydrogens (tertiary/aromatic N) is 1. The number of benzene rings is 4. The average Bonchev–Trinajstić information content (AvgIpc) is 2.78. The maximum Gasteiger partial charge on any atom is 0.148 e. The zero-order valence-corrected chi connectivity index (χ0v) is 16.2. The van der Waals surface area contributed by atoms with Crippen molar-refractivity contribution >= 4 is 31.4 Å². The number of hydrogen-bond donors (Lipinski definition) is 0. The molecule has 4 heteroatoms. The number of hydrogen-bond acceptors (Lipinski definition) is 2. The molecule has 4 rings (SSSR count). The predicted octanol–water partition coefficient (Wildman–Crippen LogP) is 6.54. The van der Waals surface area contributed by atoms with Crippen LogP contribution in [0.25, 0.3) is 0 Å². The van der Waals surface area contributed by atoms with Gasteiger partial charge in [-0.1, -0.05) is 72.8 Å². The molecule has 0 aliphatic heterocycles. The van der Waals surface area contributed by atoms with Gasteiger partial charge in [-0.05, 0) is 0 Å². The zero-order chi connectivity index (χ0) is 19.7. The van der Waals surface area contributed by atoms with Gasteiger partial charge in [0, 0.05) is 48.5 Å². The molecular formula is C24H20NO2P. The Morgan fingerprint density at radius 2 is 0.643 bits per heavy atom. The lowest BCUT2D eigenvalue weighted by Gasteiger charge is -2.37. The van der Waals surface area contributed by atoms with E-state index in [-0.39, 0.29) is 0 Å². The minimum absolute atomic E-state index is 0.559. The summed E-state index contributed by atoms with van der Waals surface area (Å²) in [6, 6.07) is 42.8. The highest BCUT2D eigenvalue weighted by Crippen LogP contribution is 2.50. The monoisotopic (exact) mass is 385 g/mol. The van der Waals surface area contributed by atoms with Crippen molar-refractivity contribution in [3.8, 4) is 0 Å². The molecule has 0 spiro atoms. The summed E-state index contributed by atoms with van der Waals surface area (Å²) in [5.74, 6) is 0. The molecule has 0 unspecified atom stereocenters. The van der Waals surface area contributed by atoms with E-state index < -0.39 is 8.69 Å². The standard InChI is InChI=1S/C24H20N.HO2P/c1-5-13-21(14-6-1)25(22-15-7-2-8-16-22,23-17-9-3-10-18-23)24-19-11-4-12-20-24;1-3-2/h1-20H;(H,1,2)/q+1;/p-1. The highest BCUT2D eigenvalue weighted by atomic mass is 31.1. The summed E-state index contributed by atoms with van der Waals surface area (Å²) in [6.07, 6.45) is 0. The van der Waals surface area contributed by atoms with Crippen LogP contribution in [0.4, 0.5) is 22.7 Å². The van der Waals surface area contributed by atoms with E-state index in [2.05, 4.69) is 121 Å². The topological polar surface area (TPSA) is 40.1 Å². The average molecular weight is 385 g/mol. The van der Waals surface area contributed by atoms with Gasteiger partial charge in [0.05, 0.1) is 8.69 Å². The van der Waals surface area contributed by atoms with Crippen LogP contribution in [-0.2, 0) is 4.57 Å². The molecule has 0 fully saturated rings. The van der Waals surface area contributed by atoms with Gasteiger partial charge in [-0.3, -0.25) is 4.57 Å². The second-order valence-corrected chi connectivity index (χ2v) is 6.24. The van der Waals surface area contributed by atoms with Crippen LogP contribution in [0.2, 0.25) is 0 Å². The lowest BCUT2D eigenvalue weighted by atomic mass is 10.1. The van der Waals surface area contributed by atoms with E-state index in [9.17, 15) is 0 Å². The number of para-hydroxylation sites is 4. The predicted molar refractivity (Wildman–Crippen MR) is 114 cm³/mol. The molecule has 0 radical (unpaired) electrons. The lowest BCUT2D eigenvalue weighted by molar-refractivity contribution is -0.154. The van der Waals surface area contributed by atoms with Crippen LogP contribution in [0.3, 0.4) is 0 Å². The number of quaternary nitrogens is 1. The molecule has 0 amide bonds. The summed E-state index contributed by atoms with van der Waals surface area (Å²) in [4.78, 5) is 8.35. The van der Waals surface area contributed by atoms with Gasteiger partial charge in [0.1, 0.15) is 22.7 Å². The van der Waals surface area contributed by atoms with Gasteiger partial charge in [-0.2, -0.15) is 4.48 Å². The Hall–Kier alpha value is -3.10. The van der Waals surface area contributed by atoms with E-state index in [4.69, 9.17) is 9.46 Å². The Bertz CT molecular complexity index is 815. The maximum atomic E-state index is 8.35. The van der Waals surface area contributed by atoms with Crippen molar-refractivity contribution in [2.45, 2.75) is 0 Å². The Balaban J connectivity index is 0.000000706. The summed E-state index contributed by atoms with van der Waals surface area (Å²) in [6.45, 7) is 0. The first-order valence-electron chi connectivity index (χ1n) is 8.90. The van der Waals surface area contributed by atoms with E-state index in [0.29, 0.717) is 4.48 Å². The van der Waals surface area contributed by atoms with Gasteiger partial charge >= 0.3 is 0 Å². The van der Waals surface area contributed by atoms with Gasteiger partial charge < -0.3 is 4.89 Å². The van der Waals surface area contributed by atoms with E-state index in [1.807, 2.05) is 0 Å². The Morgan fingerprint density at radius 1 is 0.464 bits per heavy atom. The van der Waals surface area contributed by atoms with Crippen LogP contribution in [0, 0.1) is 0 Å². The molecule has 0 heterocycles. The molecule has 3 nitrogen and oxygen atoms in total. The Kier molecular flexibility index (Phi) is 6.83. The van der Waals surface area contributed by atoms with Crippen LogP contribution in [-0.4, -0.2) is 0 Å². The molecule has 0 bridgehead atoms. The van der Waals surface area contributed by atoms with E-state index in [1.54, 1.807) is 0 Å². The van der Waals surface area contributed by atoms with E-state index in [1.165, 1.54) is 22.7 Å². The molecule has 0 atom stereocenters. The summed E-state index contributed by atoms with van der Waals surface area (Å²) in [5.41, 5.74) is 4.86. The highest BCUT2D eigenvalue weighted by molar-refractivity contribution is 7.14. The van der Waals surface area contributed by atoms with Gasteiger partial charge in [-0.15, -0.1) is 0 Å². The first-order chi connectivity index (χ1) is 13.8. The lowest BCUT2D eigenvalue weighted by Crippen LogP contribution is -2.33. The summed E-state index contributed by atoms with van der Waals surface area (Å²) in [7, 11) is -1.08. The summed E-state index contributed by atoms with van der Waals surface area (Å²) >= 11 is 0. The van der Waals surface area contributed by atoms with Crippen LogP contribution in [0.15, 0.2) is 121 Å². The van der Waals surface area contributed by atoms with Crippen molar-refractivity contribution < 1.29 is 9.46 Å². The minimum Gasteiger partial charge on any atom is -0.772 e. The van der Waals surface area contributed by atoms with Crippen molar-refractivity contribution in [2.24, 2.45) is 0 Å². The smallest absolute Gasteiger partial charge is 0.148 e. The Labute approximate surface area is 167 Å². The van der Waals surface area contributed by atoms with E-state index >= 15 is 0 Å². The summed E-state index contributed by atoms with van der Waals surface area (Å²) < 4.78 is 8.91. The SMILES string of the molecule is O=P[O-].c1ccc([N+](c2ccccc2)(c2ccccc2)c2ccccc2)cc1. The molecule has 4 aromatic rings. The number of rotatable bonds is 4. The summed E-state index contributed by atoms with van der Waals surface area (Å²) in [5, 5.41) is 0. The fourth-order valence-electron chi connectivity index (χ4n) is 3.50. The first kappa shape index (κ1) is 19.7. The van der Waals surface area contributed by atoms with Crippen molar-refractivity contribution in [1.82, 2.24) is 4.48 Å². The fraction of sp³-hybridized carbons (Fsp3) is 0. The van der Waals surface area contributed by atoms with Gasteiger partial charge in [0.15, 0.2) is 0 Å². The molecule has 138 valence electrons. The minimum atomic E-state index is -1.08. The van der Waals surface area contributed by atoms with Gasteiger partial charge in [-0.25, -0.2) is 0 Å². The third-order valence-electron chi connectivity index (χ3n) is 4.57. The van der Waals surface area contributed by atoms with Crippen LogP contribution < -0.4 is 9.38 Å². The largest absolute Gasteiger partial charge is 0.772 e. The highest BCUT2D eigenvalue weighted by Gasteiger charge is 2.38. The van der Waals surface area contributed by atoms with Crippen molar-refractivity contribution in [2.75, 3.05) is 0 Å².